The third kappa shape index (κ3) is 1.71. The molecule has 2 aliphatic heterocycles. The zero-order chi connectivity index (χ0) is 13.0. The first kappa shape index (κ1) is 11.9. The Kier molecular flexibility index (Phi) is 2.44. The second-order valence-electron chi connectivity index (χ2n) is 6.01. The number of aliphatic imine (C=N–C) groups is 1. The van der Waals surface area contributed by atoms with E-state index in [-0.39, 0.29) is 24.2 Å². The normalized spacial score (nSPS) is 31.3. The van der Waals surface area contributed by atoms with E-state index < -0.39 is 0 Å². The minimum Gasteiger partial charge on any atom is -0.399 e. The van der Waals surface area contributed by atoms with Crippen molar-refractivity contribution in [3.8, 4) is 0 Å². The Balaban J connectivity index is 1.84. The maximum Gasteiger partial charge on any atom is 0.494 e. The predicted molar refractivity (Wildman–Crippen MR) is 73.4 cm³/mol. The lowest BCUT2D eigenvalue weighted by Crippen LogP contribution is -2.41. The molecule has 4 heteroatoms. The van der Waals surface area contributed by atoms with Gasteiger partial charge >= 0.3 is 7.12 Å². The molecular weight excluding hydrogens is 225 g/mol. The van der Waals surface area contributed by atoms with Crippen LogP contribution in [0.15, 0.2) is 41.0 Å². The smallest absolute Gasteiger partial charge is 0.399 e. The van der Waals surface area contributed by atoms with Gasteiger partial charge in [0.05, 0.1) is 16.9 Å². The minimum absolute atomic E-state index is 0.276. The van der Waals surface area contributed by atoms with Gasteiger partial charge < -0.3 is 9.31 Å². The van der Waals surface area contributed by atoms with E-state index in [1.165, 1.54) is 0 Å². The largest absolute Gasteiger partial charge is 0.494 e. The maximum absolute atomic E-state index is 6.05. The first-order chi connectivity index (χ1) is 8.39. The number of allylic oxidation sites excluding steroid dienone is 5. The molecule has 0 amide bonds. The summed E-state index contributed by atoms with van der Waals surface area (Å²) in [5.74, 6) is 0.282. The molecule has 0 bridgehead atoms. The third-order valence-corrected chi connectivity index (χ3v) is 4.20. The lowest BCUT2D eigenvalue weighted by Gasteiger charge is -2.32. The summed E-state index contributed by atoms with van der Waals surface area (Å²) in [6.07, 6.45) is 10.2. The fourth-order valence-corrected chi connectivity index (χ4v) is 2.28. The minimum atomic E-state index is -0.285. The number of hydrogen-bond donors (Lipinski definition) is 0. The Labute approximate surface area is 108 Å². The highest BCUT2D eigenvalue weighted by molar-refractivity contribution is 6.56. The second kappa shape index (κ2) is 3.68. The zero-order valence-electron chi connectivity index (χ0n) is 11.3. The van der Waals surface area contributed by atoms with Crippen LogP contribution in [0.25, 0.3) is 0 Å². The van der Waals surface area contributed by atoms with Crippen molar-refractivity contribution in [2.45, 2.75) is 38.9 Å². The van der Waals surface area contributed by atoms with Crippen molar-refractivity contribution in [1.82, 2.24) is 0 Å². The Bertz CT molecular complexity index is 484. The number of rotatable bonds is 1. The Morgan fingerprint density at radius 2 is 1.78 bits per heavy atom. The van der Waals surface area contributed by atoms with E-state index in [2.05, 4.69) is 44.8 Å². The predicted octanol–water partition coefficient (Wildman–Crippen LogP) is 2.70. The third-order valence-electron chi connectivity index (χ3n) is 4.20. The fourth-order valence-electron chi connectivity index (χ4n) is 2.28. The van der Waals surface area contributed by atoms with Gasteiger partial charge in [-0.2, -0.15) is 0 Å². The van der Waals surface area contributed by atoms with Crippen molar-refractivity contribution in [1.29, 1.82) is 0 Å². The van der Waals surface area contributed by atoms with Crippen molar-refractivity contribution in [2.75, 3.05) is 0 Å². The monoisotopic (exact) mass is 243 g/mol. The molecule has 0 radical (unpaired) electrons. The van der Waals surface area contributed by atoms with Gasteiger partial charge in [-0.3, -0.25) is 4.99 Å². The number of nitrogens with zero attached hydrogens (tertiary/aromatic N) is 1. The van der Waals surface area contributed by atoms with Crippen molar-refractivity contribution in [3.05, 3.63) is 36.0 Å². The summed E-state index contributed by atoms with van der Waals surface area (Å²) in [5.41, 5.74) is 1.61. The van der Waals surface area contributed by atoms with Gasteiger partial charge in [-0.15, -0.1) is 0 Å². The highest BCUT2D eigenvalue weighted by Gasteiger charge is 2.52. The molecule has 0 unspecified atom stereocenters. The molecular formula is C14H18BNO2. The molecule has 0 aromatic heterocycles. The van der Waals surface area contributed by atoms with E-state index in [1.54, 1.807) is 0 Å². The topological polar surface area (TPSA) is 30.8 Å². The number of fused-ring (bicyclic) bond motifs is 1. The standard InChI is InChI=1S/C14H18BNO2/c1-13(2)14(3,4)18-15(17-13)11-5-6-12-10(9-11)7-8-16-12/h5-10H,1-4H3/t10-/m0/s1. The summed E-state index contributed by atoms with van der Waals surface area (Å²) in [6.45, 7) is 8.29. The first-order valence-corrected chi connectivity index (χ1v) is 6.39. The van der Waals surface area contributed by atoms with Gasteiger partial charge in [0.2, 0.25) is 0 Å². The van der Waals surface area contributed by atoms with Gasteiger partial charge in [0.15, 0.2) is 0 Å². The van der Waals surface area contributed by atoms with Crippen molar-refractivity contribution < 1.29 is 9.31 Å². The van der Waals surface area contributed by atoms with Crippen LogP contribution in [0.1, 0.15) is 27.7 Å². The van der Waals surface area contributed by atoms with Crippen LogP contribution in [0, 0.1) is 5.92 Å². The van der Waals surface area contributed by atoms with Crippen LogP contribution >= 0.6 is 0 Å². The molecule has 3 aliphatic rings. The summed E-state index contributed by atoms with van der Waals surface area (Å²) in [4.78, 5) is 4.30. The molecule has 18 heavy (non-hydrogen) atoms. The molecule has 0 aromatic carbocycles. The second-order valence-corrected chi connectivity index (χ2v) is 6.01. The summed E-state index contributed by atoms with van der Waals surface area (Å²) in [5, 5.41) is 0. The summed E-state index contributed by atoms with van der Waals surface area (Å²) in [7, 11) is -0.276. The van der Waals surface area contributed by atoms with E-state index >= 15 is 0 Å². The zero-order valence-corrected chi connectivity index (χ0v) is 11.3. The average Bonchev–Trinajstić information content (AvgIpc) is 2.80. The molecule has 2 heterocycles. The fraction of sp³-hybridized carbons (Fsp3) is 0.500. The molecule has 3 nitrogen and oxygen atoms in total. The summed E-state index contributed by atoms with van der Waals surface area (Å²) < 4.78 is 12.1. The molecule has 94 valence electrons. The van der Waals surface area contributed by atoms with Crippen LogP contribution in [-0.4, -0.2) is 24.0 Å². The van der Waals surface area contributed by atoms with Gasteiger partial charge in [0.1, 0.15) is 0 Å². The maximum atomic E-state index is 6.05. The molecule has 1 fully saturated rings. The van der Waals surface area contributed by atoms with Crippen molar-refractivity contribution in [3.63, 3.8) is 0 Å². The number of hydrogen-bond acceptors (Lipinski definition) is 3. The van der Waals surface area contributed by atoms with Gasteiger partial charge in [-0.25, -0.2) is 0 Å². The molecule has 1 saturated heterocycles. The molecule has 1 atom stereocenters. The molecule has 0 spiro atoms. The van der Waals surface area contributed by atoms with E-state index in [9.17, 15) is 0 Å². The van der Waals surface area contributed by atoms with Crippen LogP contribution < -0.4 is 0 Å². The summed E-state index contributed by atoms with van der Waals surface area (Å²) in [6, 6.07) is 0. The van der Waals surface area contributed by atoms with E-state index in [4.69, 9.17) is 9.31 Å². The van der Waals surface area contributed by atoms with Gasteiger partial charge in [-0.05, 0) is 39.2 Å². The average molecular weight is 243 g/mol. The van der Waals surface area contributed by atoms with Gasteiger partial charge in [0, 0.05) is 12.1 Å². The van der Waals surface area contributed by atoms with Crippen molar-refractivity contribution in [2.24, 2.45) is 10.9 Å². The highest BCUT2D eigenvalue weighted by atomic mass is 16.7. The SMILES string of the molecule is CC1(C)OB(C2=C[C@@H]3C=CN=C3C=C2)OC1(C)C. The summed E-state index contributed by atoms with van der Waals surface area (Å²) >= 11 is 0. The molecule has 3 rings (SSSR count). The first-order valence-electron chi connectivity index (χ1n) is 6.39. The van der Waals surface area contributed by atoms with E-state index in [1.807, 2.05) is 18.4 Å². The van der Waals surface area contributed by atoms with Crippen LogP contribution in [0.3, 0.4) is 0 Å². The lowest BCUT2D eigenvalue weighted by atomic mass is 9.73. The quantitative estimate of drug-likeness (QED) is 0.663. The van der Waals surface area contributed by atoms with Crippen molar-refractivity contribution >= 4 is 12.8 Å². The highest BCUT2D eigenvalue weighted by Crippen LogP contribution is 2.39. The van der Waals surface area contributed by atoms with E-state index in [0.717, 1.165) is 11.2 Å². The molecule has 0 aromatic rings. The van der Waals surface area contributed by atoms with Crippen LogP contribution in [0.4, 0.5) is 0 Å². The Hall–Kier alpha value is -1.13. The van der Waals surface area contributed by atoms with Crippen LogP contribution in [0.2, 0.25) is 0 Å². The Morgan fingerprint density at radius 1 is 1.11 bits per heavy atom. The van der Waals surface area contributed by atoms with Crippen LogP contribution in [0.5, 0.6) is 0 Å². The van der Waals surface area contributed by atoms with Crippen LogP contribution in [-0.2, 0) is 9.31 Å². The molecule has 0 saturated carbocycles. The van der Waals surface area contributed by atoms with Gasteiger partial charge in [0.25, 0.3) is 0 Å². The Morgan fingerprint density at radius 3 is 2.44 bits per heavy atom. The molecule has 0 N–H and O–H groups in total. The van der Waals surface area contributed by atoms with E-state index in [0.29, 0.717) is 0 Å². The lowest BCUT2D eigenvalue weighted by molar-refractivity contribution is 0.00578. The molecule has 1 aliphatic carbocycles. The van der Waals surface area contributed by atoms with Gasteiger partial charge in [-0.1, -0.05) is 18.2 Å².